The zero-order valence-corrected chi connectivity index (χ0v) is 28.4. The van der Waals surface area contributed by atoms with Gasteiger partial charge in [-0.1, -0.05) is 13.0 Å². The number of benzene rings is 2. The van der Waals surface area contributed by atoms with Crippen molar-refractivity contribution in [3.05, 3.63) is 39.4 Å². The number of rotatable bonds is 8. The number of aryl methyl sites for hydroxylation is 1. The molecule has 2 bridgehead atoms. The third-order valence-electron chi connectivity index (χ3n) is 10.2. The first kappa shape index (κ1) is 33.4. The summed E-state index contributed by atoms with van der Waals surface area (Å²) in [6.07, 6.45) is 1.82. The predicted octanol–water partition coefficient (Wildman–Crippen LogP) is 2.86. The van der Waals surface area contributed by atoms with Crippen LogP contribution in [0.4, 0.5) is 0 Å². The molecular formula is C35H43N5O8. The highest BCUT2D eigenvalue weighted by Gasteiger charge is 2.57. The number of carbonyl (C=O) groups is 3. The lowest BCUT2D eigenvalue weighted by Crippen LogP contribution is -2.69. The van der Waals surface area contributed by atoms with Gasteiger partial charge in [-0.15, -0.1) is 0 Å². The number of esters is 1. The second kappa shape index (κ2) is 12.8. The van der Waals surface area contributed by atoms with Gasteiger partial charge in [-0.2, -0.15) is 5.26 Å². The Bertz CT molecular complexity index is 1720. The predicted molar refractivity (Wildman–Crippen MR) is 173 cm³/mol. The minimum atomic E-state index is -0.791. The van der Waals surface area contributed by atoms with Crippen LogP contribution in [0.3, 0.4) is 0 Å². The number of nitriles is 1. The molecule has 13 nitrogen and oxygen atoms in total. The first-order valence-electron chi connectivity index (χ1n) is 16.4. The van der Waals surface area contributed by atoms with E-state index in [0.29, 0.717) is 65.4 Å². The Morgan fingerprint density at radius 1 is 1.15 bits per heavy atom. The average Bonchev–Trinajstić information content (AvgIpc) is 3.52. The Morgan fingerprint density at radius 3 is 2.54 bits per heavy atom. The summed E-state index contributed by atoms with van der Waals surface area (Å²) >= 11 is 0. The zero-order chi connectivity index (χ0) is 34.6. The first-order chi connectivity index (χ1) is 22.9. The quantitative estimate of drug-likeness (QED) is 0.282. The van der Waals surface area contributed by atoms with Crippen LogP contribution in [0.5, 0.6) is 28.7 Å². The normalized spacial score (nSPS) is 24.3. The number of likely N-dealkylation sites (N-methyl/N-ethyl adjacent to an activating group) is 1. The molecule has 2 aromatic rings. The summed E-state index contributed by atoms with van der Waals surface area (Å²) in [5, 5.41) is 28.3. The molecule has 256 valence electrons. The van der Waals surface area contributed by atoms with Crippen LogP contribution < -0.4 is 29.6 Å². The number of phenolic OH excluding ortho intramolecular Hbond substituents is 1. The molecule has 0 saturated carbocycles. The molecule has 4 heterocycles. The minimum Gasteiger partial charge on any atom is -0.504 e. The Labute approximate surface area is 280 Å². The van der Waals surface area contributed by atoms with E-state index in [9.17, 15) is 24.8 Å². The summed E-state index contributed by atoms with van der Waals surface area (Å²) in [6, 6.07) is 1.54. The van der Waals surface area contributed by atoms with Crippen molar-refractivity contribution in [1.82, 2.24) is 20.4 Å². The van der Waals surface area contributed by atoms with Gasteiger partial charge in [-0.25, -0.2) is 0 Å². The van der Waals surface area contributed by atoms with Gasteiger partial charge in [0.05, 0.1) is 25.3 Å². The molecule has 1 unspecified atom stereocenters. The first-order valence-corrected chi connectivity index (χ1v) is 16.4. The molecule has 0 aromatic heterocycles. The van der Waals surface area contributed by atoms with Crippen molar-refractivity contribution in [3.8, 4) is 34.8 Å². The topological polar surface area (TPSA) is 163 Å². The van der Waals surface area contributed by atoms with Gasteiger partial charge < -0.3 is 34.7 Å². The van der Waals surface area contributed by atoms with Crippen LogP contribution in [0, 0.1) is 25.2 Å². The molecule has 48 heavy (non-hydrogen) atoms. The van der Waals surface area contributed by atoms with E-state index in [2.05, 4.69) is 26.5 Å². The number of amides is 2. The number of aromatic hydroxyl groups is 1. The molecule has 0 spiro atoms. The van der Waals surface area contributed by atoms with Crippen molar-refractivity contribution in [3.63, 3.8) is 0 Å². The standard InChI is InChI=1S/C35H43N5O8/c1-8-9-26(42)38-18(4)35(44)37-14-25-28-21(32(48-19(5)41)17(3)33-34(28)47-15-46-33)12-23-29-27-20(10-16(2)31(45-7)30(27)43)11-22(39(29)6)24(13-36)40(23)25/h10,18,22-25,29,43H,8-9,11-12,14-15H2,1-7H3,(H,37,44)(H,38,42)/t18-,22+,23?,24-,25-,29-/m0/s1. The maximum absolute atomic E-state index is 13.4. The second-order valence-electron chi connectivity index (χ2n) is 13.1. The van der Waals surface area contributed by atoms with Crippen molar-refractivity contribution < 1.29 is 38.4 Å². The molecule has 6 rings (SSSR count). The van der Waals surface area contributed by atoms with E-state index < -0.39 is 30.1 Å². The van der Waals surface area contributed by atoms with Crippen molar-refractivity contribution >= 4 is 17.8 Å². The molecule has 0 aliphatic carbocycles. The maximum Gasteiger partial charge on any atom is 0.308 e. The van der Waals surface area contributed by atoms with Gasteiger partial charge in [-0.05, 0) is 58.2 Å². The van der Waals surface area contributed by atoms with E-state index in [4.69, 9.17) is 18.9 Å². The van der Waals surface area contributed by atoms with Crippen molar-refractivity contribution in [1.29, 1.82) is 5.26 Å². The van der Waals surface area contributed by atoms with Crippen molar-refractivity contribution in [2.45, 2.75) is 96.6 Å². The SMILES string of the molecule is CCCC(=O)N[C@@H](C)C(=O)NC[C@H]1c2c(c(OC(C)=O)c(C)c3c2OCO3)CC2[C@H]3c4c(cc(C)c(OC)c4O)C[C@H]([C@H](C#N)N21)N3C. The number of carbonyl (C=O) groups excluding carboxylic acids is 3. The van der Waals surface area contributed by atoms with Gasteiger partial charge in [0.1, 0.15) is 17.8 Å². The van der Waals surface area contributed by atoms with Crippen LogP contribution in [0.2, 0.25) is 0 Å². The number of hydrogen-bond donors (Lipinski definition) is 3. The molecule has 1 saturated heterocycles. The van der Waals surface area contributed by atoms with Gasteiger partial charge in [-0.3, -0.25) is 24.2 Å². The highest BCUT2D eigenvalue weighted by atomic mass is 16.7. The zero-order valence-electron chi connectivity index (χ0n) is 28.4. The van der Waals surface area contributed by atoms with E-state index in [0.717, 1.165) is 16.7 Å². The third-order valence-corrected chi connectivity index (χ3v) is 10.2. The number of fused-ring (bicyclic) bond motifs is 9. The Kier molecular flexibility index (Phi) is 8.91. The van der Waals surface area contributed by atoms with Gasteiger partial charge >= 0.3 is 5.97 Å². The van der Waals surface area contributed by atoms with E-state index in [-0.39, 0.29) is 43.0 Å². The lowest BCUT2D eigenvalue weighted by Gasteiger charge is -2.60. The van der Waals surface area contributed by atoms with E-state index in [1.807, 2.05) is 33.9 Å². The summed E-state index contributed by atoms with van der Waals surface area (Å²) in [7, 11) is 3.50. The molecule has 2 aromatic carbocycles. The molecule has 3 N–H and O–H groups in total. The number of ether oxygens (including phenoxy) is 4. The smallest absolute Gasteiger partial charge is 0.308 e. The molecule has 4 aliphatic rings. The van der Waals surface area contributed by atoms with Crippen LogP contribution in [-0.4, -0.2) is 84.4 Å². The maximum atomic E-state index is 13.4. The largest absolute Gasteiger partial charge is 0.504 e. The lowest BCUT2D eigenvalue weighted by molar-refractivity contribution is -0.132. The van der Waals surface area contributed by atoms with E-state index >= 15 is 0 Å². The fraction of sp³-hybridized carbons (Fsp3) is 0.543. The van der Waals surface area contributed by atoms with Gasteiger partial charge in [0.25, 0.3) is 0 Å². The summed E-state index contributed by atoms with van der Waals surface area (Å²) in [5.74, 6) is 0.662. The number of phenols is 1. The third kappa shape index (κ3) is 5.27. The molecule has 2 amide bonds. The van der Waals surface area contributed by atoms with Crippen LogP contribution in [0.1, 0.15) is 79.1 Å². The second-order valence-corrected chi connectivity index (χ2v) is 13.1. The Hall–Kier alpha value is -4.54. The fourth-order valence-corrected chi connectivity index (χ4v) is 8.27. The molecule has 1 fully saturated rings. The average molecular weight is 662 g/mol. The van der Waals surface area contributed by atoms with Crippen LogP contribution in [0.15, 0.2) is 6.07 Å². The van der Waals surface area contributed by atoms with Gasteiger partial charge in [0, 0.05) is 54.2 Å². The highest BCUT2D eigenvalue weighted by Crippen LogP contribution is 2.58. The van der Waals surface area contributed by atoms with E-state index in [1.54, 1.807) is 6.92 Å². The van der Waals surface area contributed by atoms with Crippen molar-refractivity contribution in [2.75, 3.05) is 27.5 Å². The van der Waals surface area contributed by atoms with Crippen LogP contribution in [0.25, 0.3) is 0 Å². The summed E-state index contributed by atoms with van der Waals surface area (Å²) in [5.41, 5.74) is 4.49. The molecular weight excluding hydrogens is 618 g/mol. The van der Waals surface area contributed by atoms with Gasteiger partial charge in [0.15, 0.2) is 23.0 Å². The van der Waals surface area contributed by atoms with Crippen molar-refractivity contribution in [2.24, 2.45) is 0 Å². The fourth-order valence-electron chi connectivity index (χ4n) is 8.27. The van der Waals surface area contributed by atoms with Gasteiger partial charge in [0.2, 0.25) is 18.6 Å². The van der Waals surface area contributed by atoms with Crippen LogP contribution in [-0.2, 0) is 27.2 Å². The number of nitrogens with zero attached hydrogens (tertiary/aromatic N) is 3. The molecule has 4 aliphatic heterocycles. The highest BCUT2D eigenvalue weighted by molar-refractivity contribution is 5.87. The molecule has 13 heteroatoms. The molecule has 0 radical (unpaired) electrons. The summed E-state index contributed by atoms with van der Waals surface area (Å²) in [4.78, 5) is 42.5. The number of hydrogen-bond acceptors (Lipinski definition) is 11. The number of piperazine rings is 1. The number of methoxy groups -OCH3 is 1. The van der Waals surface area contributed by atoms with Crippen LogP contribution >= 0.6 is 0 Å². The Morgan fingerprint density at radius 2 is 1.88 bits per heavy atom. The number of nitrogens with one attached hydrogen (secondary N) is 2. The molecule has 6 atom stereocenters. The summed E-state index contributed by atoms with van der Waals surface area (Å²) < 4.78 is 23.5. The minimum absolute atomic E-state index is 0.0365. The Balaban J connectivity index is 1.52. The summed E-state index contributed by atoms with van der Waals surface area (Å²) in [6.45, 7) is 8.59. The monoisotopic (exact) mass is 661 g/mol. The lowest BCUT2D eigenvalue weighted by atomic mass is 9.71. The van der Waals surface area contributed by atoms with E-state index in [1.165, 1.54) is 14.0 Å².